The molecule has 0 saturated heterocycles. The molecule has 2 heteroatoms. The first kappa shape index (κ1) is 13.9. The summed E-state index contributed by atoms with van der Waals surface area (Å²) < 4.78 is 0. The number of benzene rings is 1. The fraction of sp³-hybridized carbons (Fsp3) is 0.571. The van der Waals surface area contributed by atoms with Crippen molar-refractivity contribution in [3.63, 3.8) is 0 Å². The number of halogens is 2. The molecule has 16 heavy (non-hydrogen) atoms. The maximum Gasteiger partial charge on any atom is 0.0441 e. The van der Waals surface area contributed by atoms with Crippen molar-refractivity contribution in [3.05, 3.63) is 34.9 Å². The summed E-state index contributed by atoms with van der Waals surface area (Å²) in [5.41, 5.74) is 1.20. The van der Waals surface area contributed by atoms with Gasteiger partial charge in [0, 0.05) is 10.9 Å². The normalized spacial score (nSPS) is 14.8. The summed E-state index contributed by atoms with van der Waals surface area (Å²) in [6, 6.07) is 8.03. The monoisotopic (exact) mass is 258 g/mol. The van der Waals surface area contributed by atoms with Crippen molar-refractivity contribution in [3.8, 4) is 0 Å². The van der Waals surface area contributed by atoms with Gasteiger partial charge in [0.15, 0.2) is 0 Å². The molecule has 0 N–H and O–H groups in total. The lowest BCUT2D eigenvalue weighted by Crippen LogP contribution is -2.07. The third-order valence-corrected chi connectivity index (χ3v) is 3.72. The highest BCUT2D eigenvalue weighted by atomic mass is 35.5. The summed E-state index contributed by atoms with van der Waals surface area (Å²) >= 11 is 12.3. The summed E-state index contributed by atoms with van der Waals surface area (Å²) in [5, 5.41) is 0.844. The zero-order valence-electron chi connectivity index (χ0n) is 10.0. The highest BCUT2D eigenvalue weighted by Crippen LogP contribution is 2.31. The minimum atomic E-state index is 0.386. The first-order valence-corrected chi connectivity index (χ1v) is 6.90. The van der Waals surface area contributed by atoms with Gasteiger partial charge in [0.25, 0.3) is 0 Å². The standard InChI is InChI=1S/C14H20Cl2/c1-3-6-11(2)9-12(10-15)13-7-4-5-8-14(13)16/h4-5,7-8,11-12H,3,6,9-10H2,1-2H3. The van der Waals surface area contributed by atoms with Crippen LogP contribution in [0.15, 0.2) is 24.3 Å². The molecule has 0 bridgehead atoms. The molecule has 0 radical (unpaired) electrons. The van der Waals surface area contributed by atoms with E-state index in [9.17, 15) is 0 Å². The number of hydrogen-bond donors (Lipinski definition) is 0. The Morgan fingerprint density at radius 2 is 1.94 bits per heavy atom. The fourth-order valence-corrected chi connectivity index (χ4v) is 2.76. The quantitative estimate of drug-likeness (QED) is 0.592. The van der Waals surface area contributed by atoms with Gasteiger partial charge in [0.2, 0.25) is 0 Å². The zero-order valence-corrected chi connectivity index (χ0v) is 11.6. The van der Waals surface area contributed by atoms with Gasteiger partial charge >= 0.3 is 0 Å². The van der Waals surface area contributed by atoms with Gasteiger partial charge in [-0.1, -0.05) is 56.5 Å². The van der Waals surface area contributed by atoms with E-state index in [0.717, 1.165) is 11.4 Å². The second kappa shape index (κ2) is 7.19. The third kappa shape index (κ3) is 3.99. The largest absolute Gasteiger partial charge is 0.126 e. The van der Waals surface area contributed by atoms with Crippen molar-refractivity contribution in [1.29, 1.82) is 0 Å². The second-order valence-electron chi connectivity index (χ2n) is 4.50. The molecule has 1 aromatic rings. The molecule has 90 valence electrons. The lowest BCUT2D eigenvalue weighted by molar-refractivity contribution is 0.451. The fourth-order valence-electron chi connectivity index (χ4n) is 2.18. The zero-order chi connectivity index (χ0) is 12.0. The smallest absolute Gasteiger partial charge is 0.0441 e. The molecule has 1 rings (SSSR count). The van der Waals surface area contributed by atoms with Crippen molar-refractivity contribution >= 4 is 23.2 Å². The van der Waals surface area contributed by atoms with Crippen LogP contribution in [0.2, 0.25) is 5.02 Å². The molecular weight excluding hydrogens is 239 g/mol. The van der Waals surface area contributed by atoms with Gasteiger partial charge in [-0.3, -0.25) is 0 Å². The molecule has 0 spiro atoms. The molecule has 2 atom stereocenters. The Kier molecular flexibility index (Phi) is 6.23. The average molecular weight is 259 g/mol. The van der Waals surface area contributed by atoms with E-state index < -0.39 is 0 Å². The molecule has 0 heterocycles. The van der Waals surface area contributed by atoms with Crippen LogP contribution >= 0.6 is 23.2 Å². The summed E-state index contributed by atoms with van der Waals surface area (Å²) in [6.07, 6.45) is 3.62. The van der Waals surface area contributed by atoms with Crippen molar-refractivity contribution in [2.24, 2.45) is 5.92 Å². The lowest BCUT2D eigenvalue weighted by Gasteiger charge is -2.20. The maximum atomic E-state index is 6.20. The van der Waals surface area contributed by atoms with Crippen molar-refractivity contribution in [2.75, 3.05) is 5.88 Å². The highest BCUT2D eigenvalue weighted by molar-refractivity contribution is 6.31. The topological polar surface area (TPSA) is 0 Å². The Labute approximate surface area is 109 Å². The van der Waals surface area contributed by atoms with Gasteiger partial charge in [-0.25, -0.2) is 0 Å². The molecule has 0 fully saturated rings. The molecule has 0 aromatic heterocycles. The first-order chi connectivity index (χ1) is 7.69. The minimum absolute atomic E-state index is 0.386. The first-order valence-electron chi connectivity index (χ1n) is 5.99. The van der Waals surface area contributed by atoms with E-state index in [-0.39, 0.29) is 0 Å². The van der Waals surface area contributed by atoms with Crippen LogP contribution in [-0.2, 0) is 0 Å². The summed E-state index contributed by atoms with van der Waals surface area (Å²) in [4.78, 5) is 0. The van der Waals surface area contributed by atoms with Crippen molar-refractivity contribution in [1.82, 2.24) is 0 Å². The Hall–Kier alpha value is -0.200. The third-order valence-electron chi connectivity index (χ3n) is 3.00. The summed E-state index contributed by atoms with van der Waals surface area (Å²) in [7, 11) is 0. The Balaban J connectivity index is 2.71. The van der Waals surface area contributed by atoms with Crippen LogP contribution in [-0.4, -0.2) is 5.88 Å². The van der Waals surface area contributed by atoms with Crippen LogP contribution in [0.4, 0.5) is 0 Å². The molecule has 0 aliphatic rings. The predicted octanol–water partition coefficient (Wildman–Crippen LogP) is 5.49. The number of rotatable bonds is 6. The van der Waals surface area contributed by atoms with Gasteiger partial charge in [0.1, 0.15) is 0 Å². The van der Waals surface area contributed by atoms with Crippen molar-refractivity contribution < 1.29 is 0 Å². The van der Waals surface area contributed by atoms with Crippen LogP contribution in [0, 0.1) is 5.92 Å². The predicted molar refractivity (Wildman–Crippen MR) is 73.6 cm³/mol. The SMILES string of the molecule is CCCC(C)CC(CCl)c1ccccc1Cl. The minimum Gasteiger partial charge on any atom is -0.126 e. The van der Waals surface area contributed by atoms with E-state index in [0.29, 0.717) is 17.7 Å². The van der Waals surface area contributed by atoms with Crippen LogP contribution in [0.25, 0.3) is 0 Å². The van der Waals surface area contributed by atoms with E-state index in [1.165, 1.54) is 18.4 Å². The van der Waals surface area contributed by atoms with Gasteiger partial charge in [-0.2, -0.15) is 0 Å². The van der Waals surface area contributed by atoms with Crippen molar-refractivity contribution in [2.45, 2.75) is 39.0 Å². The Morgan fingerprint density at radius 3 is 2.50 bits per heavy atom. The van der Waals surface area contributed by atoms with Crippen LogP contribution in [0.5, 0.6) is 0 Å². The van der Waals surface area contributed by atoms with E-state index >= 15 is 0 Å². The van der Waals surface area contributed by atoms with E-state index in [1.807, 2.05) is 18.2 Å². The van der Waals surface area contributed by atoms with Gasteiger partial charge in [-0.05, 0) is 29.9 Å². The molecule has 0 aliphatic carbocycles. The molecular formula is C14H20Cl2. The Morgan fingerprint density at radius 1 is 1.25 bits per heavy atom. The molecule has 0 nitrogen and oxygen atoms in total. The van der Waals surface area contributed by atoms with Crippen LogP contribution in [0.3, 0.4) is 0 Å². The van der Waals surface area contributed by atoms with E-state index in [4.69, 9.17) is 23.2 Å². The highest BCUT2D eigenvalue weighted by Gasteiger charge is 2.16. The maximum absolute atomic E-state index is 6.20. The summed E-state index contributed by atoms with van der Waals surface area (Å²) in [5.74, 6) is 1.75. The van der Waals surface area contributed by atoms with Crippen LogP contribution < -0.4 is 0 Å². The number of hydrogen-bond acceptors (Lipinski definition) is 0. The molecule has 0 amide bonds. The van der Waals surface area contributed by atoms with Crippen LogP contribution in [0.1, 0.15) is 44.6 Å². The van der Waals surface area contributed by atoms with Gasteiger partial charge in [0.05, 0.1) is 0 Å². The molecule has 1 aromatic carbocycles. The molecule has 0 saturated carbocycles. The van der Waals surface area contributed by atoms with E-state index in [2.05, 4.69) is 19.9 Å². The molecule has 2 unspecified atom stereocenters. The number of alkyl halides is 1. The van der Waals surface area contributed by atoms with E-state index in [1.54, 1.807) is 0 Å². The van der Waals surface area contributed by atoms with Gasteiger partial charge in [-0.15, -0.1) is 11.6 Å². The van der Waals surface area contributed by atoms with Gasteiger partial charge < -0.3 is 0 Å². The second-order valence-corrected chi connectivity index (χ2v) is 5.22. The Bertz CT molecular complexity index is 309. The summed E-state index contributed by atoms with van der Waals surface area (Å²) in [6.45, 7) is 4.52. The lowest BCUT2D eigenvalue weighted by atomic mass is 9.89. The average Bonchev–Trinajstić information content (AvgIpc) is 2.27. The molecule has 0 aliphatic heterocycles.